The van der Waals surface area contributed by atoms with Crippen molar-refractivity contribution in [1.29, 1.82) is 0 Å². The first kappa shape index (κ1) is 13.7. The summed E-state index contributed by atoms with van der Waals surface area (Å²) >= 11 is 0. The Kier molecular flexibility index (Phi) is 6.06. The van der Waals surface area contributed by atoms with E-state index in [0.29, 0.717) is 0 Å². The number of rotatable bonds is 5. The van der Waals surface area contributed by atoms with Crippen LogP contribution in [-0.4, -0.2) is 11.3 Å². The van der Waals surface area contributed by atoms with Crippen molar-refractivity contribution in [3.05, 3.63) is 0 Å². The van der Waals surface area contributed by atoms with Gasteiger partial charge in [0.2, 0.25) is 0 Å². The molecule has 1 heteroatoms. The van der Waals surface area contributed by atoms with Crippen molar-refractivity contribution in [2.45, 2.75) is 72.8 Å². The van der Waals surface area contributed by atoms with Crippen LogP contribution < -0.4 is 0 Å². The van der Waals surface area contributed by atoms with E-state index in [9.17, 15) is 0 Å². The van der Waals surface area contributed by atoms with Gasteiger partial charge in [0.15, 0.2) is 0 Å². The van der Waals surface area contributed by atoms with Gasteiger partial charge >= 0.3 is 0 Å². The van der Waals surface area contributed by atoms with Crippen molar-refractivity contribution in [1.82, 2.24) is 0 Å². The molecule has 1 unspecified atom stereocenters. The van der Waals surface area contributed by atoms with E-state index < -0.39 is 0 Å². The fraction of sp³-hybridized carbons (Fsp3) is 0.923. The van der Waals surface area contributed by atoms with Gasteiger partial charge in [-0.15, -0.1) is 0 Å². The maximum absolute atomic E-state index is 4.66. The highest BCUT2D eigenvalue weighted by atomic mass is 14.8. The maximum Gasteiger partial charge on any atom is 0.0523 e. The minimum Gasteiger partial charge on any atom is -0.289 e. The topological polar surface area (TPSA) is 12.4 Å². The SMILES string of the molecule is CCCC(C)CC/C(C)=N\C(C)(C)C. The Labute approximate surface area is 90.0 Å². The van der Waals surface area contributed by atoms with Crippen LogP contribution in [0.2, 0.25) is 0 Å². The van der Waals surface area contributed by atoms with Gasteiger partial charge in [0, 0.05) is 5.71 Å². The van der Waals surface area contributed by atoms with E-state index in [2.05, 4.69) is 46.5 Å². The number of nitrogens with zero attached hydrogens (tertiary/aromatic N) is 1. The second-order valence-corrected chi connectivity index (χ2v) is 5.45. The predicted octanol–water partition coefficient (Wildman–Crippen LogP) is 4.46. The van der Waals surface area contributed by atoms with Crippen LogP contribution >= 0.6 is 0 Å². The van der Waals surface area contributed by atoms with Gasteiger partial charge in [-0.25, -0.2) is 0 Å². The standard InChI is InChI=1S/C13H27N/c1-7-8-11(2)9-10-12(3)14-13(4,5)6/h11H,7-10H2,1-6H3/b14-12-. The second kappa shape index (κ2) is 6.21. The molecule has 0 aromatic heterocycles. The first-order valence-corrected chi connectivity index (χ1v) is 5.90. The summed E-state index contributed by atoms with van der Waals surface area (Å²) in [6, 6.07) is 0. The van der Waals surface area contributed by atoms with Crippen molar-refractivity contribution in [3.63, 3.8) is 0 Å². The van der Waals surface area contributed by atoms with Crippen LogP contribution in [0.25, 0.3) is 0 Å². The largest absolute Gasteiger partial charge is 0.289 e. The highest BCUT2D eigenvalue weighted by Crippen LogP contribution is 2.14. The average Bonchev–Trinajstić information content (AvgIpc) is 1.98. The first-order valence-electron chi connectivity index (χ1n) is 5.90. The van der Waals surface area contributed by atoms with E-state index >= 15 is 0 Å². The van der Waals surface area contributed by atoms with Gasteiger partial charge < -0.3 is 0 Å². The molecular formula is C13H27N. The second-order valence-electron chi connectivity index (χ2n) is 5.45. The molecular weight excluding hydrogens is 170 g/mol. The van der Waals surface area contributed by atoms with Crippen molar-refractivity contribution in [2.24, 2.45) is 10.9 Å². The molecule has 0 rings (SSSR count). The van der Waals surface area contributed by atoms with Gasteiger partial charge in [-0.05, 0) is 46.5 Å². The number of hydrogen-bond donors (Lipinski definition) is 0. The lowest BCUT2D eigenvalue weighted by atomic mass is 9.98. The molecule has 0 spiro atoms. The molecule has 0 aliphatic heterocycles. The number of aliphatic imine (C=N–C) groups is 1. The summed E-state index contributed by atoms with van der Waals surface area (Å²) in [4.78, 5) is 4.66. The Morgan fingerprint density at radius 1 is 1.21 bits per heavy atom. The molecule has 0 saturated heterocycles. The highest BCUT2D eigenvalue weighted by molar-refractivity contribution is 5.82. The fourth-order valence-corrected chi connectivity index (χ4v) is 1.72. The molecule has 14 heavy (non-hydrogen) atoms. The van der Waals surface area contributed by atoms with Crippen molar-refractivity contribution < 1.29 is 0 Å². The Balaban J connectivity index is 3.84. The van der Waals surface area contributed by atoms with E-state index in [1.807, 2.05) is 0 Å². The molecule has 1 atom stereocenters. The Morgan fingerprint density at radius 3 is 2.21 bits per heavy atom. The van der Waals surface area contributed by atoms with Gasteiger partial charge in [-0.2, -0.15) is 0 Å². The molecule has 0 amide bonds. The third-order valence-corrected chi connectivity index (χ3v) is 2.31. The van der Waals surface area contributed by atoms with Crippen LogP contribution in [0, 0.1) is 5.92 Å². The summed E-state index contributed by atoms with van der Waals surface area (Å²) < 4.78 is 0. The zero-order chi connectivity index (χ0) is 11.2. The van der Waals surface area contributed by atoms with Gasteiger partial charge in [0.1, 0.15) is 0 Å². The van der Waals surface area contributed by atoms with Crippen LogP contribution in [0.5, 0.6) is 0 Å². The Hall–Kier alpha value is -0.330. The molecule has 0 radical (unpaired) electrons. The zero-order valence-electron chi connectivity index (χ0n) is 10.9. The van der Waals surface area contributed by atoms with E-state index in [1.165, 1.54) is 31.4 Å². The van der Waals surface area contributed by atoms with Gasteiger partial charge in [-0.3, -0.25) is 4.99 Å². The van der Waals surface area contributed by atoms with E-state index in [1.54, 1.807) is 0 Å². The summed E-state index contributed by atoms with van der Waals surface area (Å²) in [5, 5.41) is 0. The lowest BCUT2D eigenvalue weighted by Crippen LogP contribution is -2.13. The van der Waals surface area contributed by atoms with Crippen molar-refractivity contribution in [2.75, 3.05) is 0 Å². The monoisotopic (exact) mass is 197 g/mol. The fourth-order valence-electron chi connectivity index (χ4n) is 1.72. The van der Waals surface area contributed by atoms with Crippen LogP contribution in [0.3, 0.4) is 0 Å². The molecule has 0 aliphatic rings. The molecule has 1 nitrogen and oxygen atoms in total. The van der Waals surface area contributed by atoms with Crippen LogP contribution in [0.4, 0.5) is 0 Å². The molecule has 84 valence electrons. The van der Waals surface area contributed by atoms with Gasteiger partial charge in [0.05, 0.1) is 5.54 Å². The molecule has 0 bridgehead atoms. The van der Waals surface area contributed by atoms with Crippen LogP contribution in [0.1, 0.15) is 67.2 Å². The third-order valence-electron chi connectivity index (χ3n) is 2.31. The van der Waals surface area contributed by atoms with Crippen LogP contribution in [-0.2, 0) is 0 Å². The minimum absolute atomic E-state index is 0.0953. The summed E-state index contributed by atoms with van der Waals surface area (Å²) in [5.41, 5.74) is 1.40. The molecule has 0 saturated carbocycles. The van der Waals surface area contributed by atoms with E-state index in [0.717, 1.165) is 5.92 Å². The first-order chi connectivity index (χ1) is 6.35. The predicted molar refractivity (Wildman–Crippen MR) is 66.2 cm³/mol. The zero-order valence-corrected chi connectivity index (χ0v) is 10.9. The quantitative estimate of drug-likeness (QED) is 0.577. The normalized spacial score (nSPS) is 15.7. The average molecular weight is 197 g/mol. The Bertz CT molecular complexity index is 174. The summed E-state index contributed by atoms with van der Waals surface area (Å²) in [6.45, 7) is 13.2. The molecule has 0 heterocycles. The van der Waals surface area contributed by atoms with E-state index in [4.69, 9.17) is 0 Å². The Morgan fingerprint density at radius 2 is 1.79 bits per heavy atom. The molecule has 0 aromatic carbocycles. The van der Waals surface area contributed by atoms with Gasteiger partial charge in [-0.1, -0.05) is 26.7 Å². The molecule has 0 N–H and O–H groups in total. The minimum atomic E-state index is 0.0953. The van der Waals surface area contributed by atoms with Gasteiger partial charge in [0.25, 0.3) is 0 Å². The molecule has 0 aromatic rings. The molecule has 0 aliphatic carbocycles. The van der Waals surface area contributed by atoms with Crippen molar-refractivity contribution >= 4 is 5.71 Å². The van der Waals surface area contributed by atoms with Crippen molar-refractivity contribution in [3.8, 4) is 0 Å². The smallest absolute Gasteiger partial charge is 0.0523 e. The maximum atomic E-state index is 4.66. The van der Waals surface area contributed by atoms with E-state index in [-0.39, 0.29) is 5.54 Å². The van der Waals surface area contributed by atoms with Crippen LogP contribution in [0.15, 0.2) is 4.99 Å². The lowest BCUT2D eigenvalue weighted by molar-refractivity contribution is 0.493. The highest BCUT2D eigenvalue weighted by Gasteiger charge is 2.08. The molecule has 0 fully saturated rings. The summed E-state index contributed by atoms with van der Waals surface area (Å²) in [5.74, 6) is 0.852. The summed E-state index contributed by atoms with van der Waals surface area (Å²) in [6.07, 6.45) is 5.11. The third kappa shape index (κ3) is 8.28. The number of hydrogen-bond acceptors (Lipinski definition) is 1. The summed E-state index contributed by atoms with van der Waals surface area (Å²) in [7, 11) is 0. The lowest BCUT2D eigenvalue weighted by Gasteiger charge is -2.15.